The molecule has 11 heavy (non-hydrogen) atoms. The Bertz CT molecular complexity index is 156. The number of carbonyl (C=O) groups is 2. The van der Waals surface area contributed by atoms with Gasteiger partial charge in [0.05, 0.1) is 0 Å². The number of carboxylic acids is 1. The Morgan fingerprint density at radius 3 is 2.45 bits per heavy atom. The van der Waals surface area contributed by atoms with Crippen LogP contribution in [-0.2, 0) is 9.59 Å². The zero-order chi connectivity index (χ0) is 8.85. The lowest BCUT2D eigenvalue weighted by molar-refractivity contribution is -0.138. The molecule has 0 aromatic rings. The van der Waals surface area contributed by atoms with Gasteiger partial charge in [-0.3, -0.25) is 9.59 Å². The van der Waals surface area contributed by atoms with Crippen molar-refractivity contribution in [3.05, 3.63) is 0 Å². The maximum absolute atomic E-state index is 10.7. The van der Waals surface area contributed by atoms with Crippen molar-refractivity contribution in [2.45, 2.75) is 32.2 Å². The van der Waals surface area contributed by atoms with Crippen molar-refractivity contribution in [2.24, 2.45) is 5.73 Å². The minimum atomic E-state index is -1.05. The number of Topliss-reactive ketones (excluding diaryl/α,β-unsaturated/α-hetero) is 1. The van der Waals surface area contributed by atoms with Gasteiger partial charge in [-0.2, -0.15) is 0 Å². The molecular weight excluding hydrogens is 146 g/mol. The highest BCUT2D eigenvalue weighted by atomic mass is 16.4. The Labute approximate surface area is 65.4 Å². The normalized spacial score (nSPS) is 12.5. The molecule has 0 saturated carbocycles. The molecule has 0 aliphatic carbocycles. The van der Waals surface area contributed by atoms with Crippen LogP contribution in [0.15, 0.2) is 0 Å². The Kier molecular flexibility index (Phi) is 4.45. The zero-order valence-corrected chi connectivity index (χ0v) is 6.54. The van der Waals surface area contributed by atoms with Gasteiger partial charge < -0.3 is 10.8 Å². The summed E-state index contributed by atoms with van der Waals surface area (Å²) < 4.78 is 0. The Morgan fingerprint density at radius 1 is 1.55 bits per heavy atom. The Hall–Kier alpha value is -0.900. The van der Waals surface area contributed by atoms with Gasteiger partial charge in [-0.05, 0) is 6.42 Å². The van der Waals surface area contributed by atoms with Crippen molar-refractivity contribution in [1.29, 1.82) is 0 Å². The van der Waals surface area contributed by atoms with Crippen molar-refractivity contribution < 1.29 is 14.7 Å². The van der Waals surface area contributed by atoms with Crippen LogP contribution in [0.25, 0.3) is 0 Å². The van der Waals surface area contributed by atoms with E-state index in [0.29, 0.717) is 6.42 Å². The number of nitrogens with two attached hydrogens (primary N) is 1. The number of carboxylic acid groups (broad SMARTS) is 1. The number of carbonyl (C=O) groups excluding carboxylic acids is 1. The second kappa shape index (κ2) is 4.85. The van der Waals surface area contributed by atoms with E-state index in [4.69, 9.17) is 10.8 Å². The van der Waals surface area contributed by atoms with Crippen LogP contribution in [0.4, 0.5) is 0 Å². The average Bonchev–Trinajstić information content (AvgIpc) is 1.99. The third-order valence-electron chi connectivity index (χ3n) is 1.45. The maximum atomic E-state index is 10.7. The van der Waals surface area contributed by atoms with E-state index in [1.54, 1.807) is 6.92 Å². The van der Waals surface area contributed by atoms with Gasteiger partial charge in [-0.15, -0.1) is 0 Å². The van der Waals surface area contributed by atoms with Gasteiger partial charge in [0.2, 0.25) is 0 Å². The summed E-state index contributed by atoms with van der Waals surface area (Å²) in [4.78, 5) is 20.9. The molecule has 0 bridgehead atoms. The minimum absolute atomic E-state index is 0.0571. The number of ketones is 1. The van der Waals surface area contributed by atoms with E-state index in [-0.39, 0.29) is 18.6 Å². The average molecular weight is 159 g/mol. The summed E-state index contributed by atoms with van der Waals surface area (Å²) in [6, 6.07) is -0.898. The molecule has 0 fully saturated rings. The van der Waals surface area contributed by atoms with E-state index in [1.165, 1.54) is 0 Å². The first kappa shape index (κ1) is 10.1. The molecule has 0 amide bonds. The van der Waals surface area contributed by atoms with Gasteiger partial charge in [-0.25, -0.2) is 0 Å². The van der Waals surface area contributed by atoms with Crippen LogP contribution >= 0.6 is 0 Å². The summed E-state index contributed by atoms with van der Waals surface area (Å²) in [5.74, 6) is -0.990. The number of hydrogen-bond acceptors (Lipinski definition) is 3. The molecule has 0 unspecified atom stereocenters. The molecule has 4 nitrogen and oxygen atoms in total. The van der Waals surface area contributed by atoms with Crippen molar-refractivity contribution in [2.75, 3.05) is 0 Å². The highest BCUT2D eigenvalue weighted by molar-refractivity contribution is 5.79. The van der Waals surface area contributed by atoms with Gasteiger partial charge in [0.1, 0.15) is 11.8 Å². The van der Waals surface area contributed by atoms with Crippen molar-refractivity contribution in [1.82, 2.24) is 0 Å². The fourth-order valence-electron chi connectivity index (χ4n) is 0.617. The van der Waals surface area contributed by atoms with Crippen molar-refractivity contribution in [3.8, 4) is 0 Å². The van der Waals surface area contributed by atoms with Gasteiger partial charge in [0.25, 0.3) is 0 Å². The molecule has 3 N–H and O–H groups in total. The van der Waals surface area contributed by atoms with E-state index in [9.17, 15) is 9.59 Å². The van der Waals surface area contributed by atoms with E-state index in [0.717, 1.165) is 0 Å². The minimum Gasteiger partial charge on any atom is -0.480 e. The topological polar surface area (TPSA) is 80.4 Å². The van der Waals surface area contributed by atoms with E-state index in [1.807, 2.05) is 0 Å². The molecule has 0 radical (unpaired) electrons. The lowest BCUT2D eigenvalue weighted by Gasteiger charge is -2.03. The van der Waals surface area contributed by atoms with Crippen LogP contribution in [0, 0.1) is 0 Å². The van der Waals surface area contributed by atoms with Gasteiger partial charge in [0, 0.05) is 12.8 Å². The van der Waals surface area contributed by atoms with Gasteiger partial charge in [0.15, 0.2) is 0 Å². The van der Waals surface area contributed by atoms with Crippen molar-refractivity contribution >= 4 is 11.8 Å². The third kappa shape index (κ3) is 4.50. The standard InChI is InChI=1S/C7H13NO3/c1-2-5(9)3-4-6(8)7(10)11/h6H,2-4,8H2,1H3,(H,10,11)/t6-/m1/s1. The second-order valence-electron chi connectivity index (χ2n) is 2.38. The van der Waals surface area contributed by atoms with E-state index in [2.05, 4.69) is 0 Å². The van der Waals surface area contributed by atoms with Crippen LogP contribution in [0.5, 0.6) is 0 Å². The molecule has 0 aromatic carbocycles. The Balaban J connectivity index is 3.54. The molecule has 64 valence electrons. The molecule has 4 heteroatoms. The highest BCUT2D eigenvalue weighted by Crippen LogP contribution is 1.97. The monoisotopic (exact) mass is 159 g/mol. The smallest absolute Gasteiger partial charge is 0.320 e. The molecule has 0 aliphatic rings. The molecular formula is C7H13NO3. The molecule has 0 aromatic heterocycles. The van der Waals surface area contributed by atoms with Gasteiger partial charge >= 0.3 is 5.97 Å². The first-order valence-electron chi connectivity index (χ1n) is 3.58. The molecule has 0 spiro atoms. The quantitative estimate of drug-likeness (QED) is 0.598. The summed E-state index contributed by atoms with van der Waals surface area (Å²) in [6.07, 6.45) is 0.957. The summed E-state index contributed by atoms with van der Waals surface area (Å²) in [7, 11) is 0. The third-order valence-corrected chi connectivity index (χ3v) is 1.45. The summed E-state index contributed by atoms with van der Waals surface area (Å²) >= 11 is 0. The number of hydrogen-bond donors (Lipinski definition) is 2. The summed E-state index contributed by atoms with van der Waals surface area (Å²) in [6.45, 7) is 1.74. The predicted molar refractivity (Wildman–Crippen MR) is 40.1 cm³/mol. The molecule has 0 heterocycles. The first-order valence-corrected chi connectivity index (χ1v) is 3.58. The van der Waals surface area contributed by atoms with Crippen molar-refractivity contribution in [3.63, 3.8) is 0 Å². The first-order chi connectivity index (χ1) is 5.07. The fraction of sp³-hybridized carbons (Fsp3) is 0.714. The zero-order valence-electron chi connectivity index (χ0n) is 6.54. The SMILES string of the molecule is CCC(=O)CC[C@@H](N)C(=O)O. The van der Waals surface area contributed by atoms with Crippen LogP contribution in [-0.4, -0.2) is 22.9 Å². The predicted octanol–water partition coefficient (Wildman–Crippen LogP) is 0.158. The van der Waals surface area contributed by atoms with Crippen LogP contribution < -0.4 is 5.73 Å². The fourth-order valence-corrected chi connectivity index (χ4v) is 0.617. The molecule has 0 rings (SSSR count). The van der Waals surface area contributed by atoms with Crippen LogP contribution in [0.3, 0.4) is 0 Å². The van der Waals surface area contributed by atoms with E-state index < -0.39 is 12.0 Å². The molecule has 0 aliphatic heterocycles. The lowest BCUT2D eigenvalue weighted by atomic mass is 10.1. The van der Waals surface area contributed by atoms with Crippen LogP contribution in [0.2, 0.25) is 0 Å². The summed E-state index contributed by atoms with van der Waals surface area (Å²) in [5, 5.41) is 8.33. The van der Waals surface area contributed by atoms with E-state index >= 15 is 0 Å². The largest absolute Gasteiger partial charge is 0.480 e. The van der Waals surface area contributed by atoms with Gasteiger partial charge in [-0.1, -0.05) is 6.92 Å². The number of rotatable bonds is 5. The molecule has 1 atom stereocenters. The Morgan fingerprint density at radius 2 is 2.09 bits per heavy atom. The second-order valence-corrected chi connectivity index (χ2v) is 2.38. The number of aliphatic carboxylic acids is 1. The maximum Gasteiger partial charge on any atom is 0.320 e. The highest BCUT2D eigenvalue weighted by Gasteiger charge is 2.11. The van der Waals surface area contributed by atoms with Crippen LogP contribution in [0.1, 0.15) is 26.2 Å². The summed E-state index contributed by atoms with van der Waals surface area (Å²) in [5.41, 5.74) is 5.17. The molecule has 0 saturated heterocycles. The lowest BCUT2D eigenvalue weighted by Crippen LogP contribution is -2.30.